The zero-order valence-electron chi connectivity index (χ0n) is 17.2. The lowest BCUT2D eigenvalue weighted by Gasteiger charge is -2.21. The quantitative estimate of drug-likeness (QED) is 0.339. The van der Waals surface area contributed by atoms with Gasteiger partial charge in [0, 0.05) is 26.7 Å². The van der Waals surface area contributed by atoms with Crippen LogP contribution < -0.4 is 5.32 Å². The number of nitrogens with one attached hydrogen (secondary N) is 2. The molecule has 0 saturated heterocycles. The van der Waals surface area contributed by atoms with Crippen LogP contribution in [0.2, 0.25) is 0 Å². The van der Waals surface area contributed by atoms with E-state index in [2.05, 4.69) is 56.1 Å². The maximum Gasteiger partial charge on any atom is 0.452 e. The van der Waals surface area contributed by atoms with E-state index >= 15 is 0 Å². The summed E-state index contributed by atoms with van der Waals surface area (Å²) in [6.45, 7) is 6.19. The molecule has 32 heavy (non-hydrogen) atoms. The van der Waals surface area contributed by atoms with Gasteiger partial charge >= 0.3 is 6.18 Å². The Labute approximate surface area is 190 Å². The third-order valence-electron chi connectivity index (χ3n) is 4.14. The van der Waals surface area contributed by atoms with E-state index in [0.717, 1.165) is 21.6 Å². The van der Waals surface area contributed by atoms with Gasteiger partial charge in [0.15, 0.2) is 0 Å². The van der Waals surface area contributed by atoms with Crippen molar-refractivity contribution in [1.82, 2.24) is 30.0 Å². The minimum Gasteiger partial charge on any atom is -0.329 e. The molecule has 2 heterocycles. The van der Waals surface area contributed by atoms with Crippen LogP contribution in [0.3, 0.4) is 0 Å². The molecule has 4 aromatic rings. The predicted molar refractivity (Wildman–Crippen MR) is 119 cm³/mol. The lowest BCUT2D eigenvalue weighted by molar-refractivity contribution is -0.144. The highest BCUT2D eigenvalue weighted by molar-refractivity contribution is 8.00. The standard InChI is InChI=1S/C20H18F3N7S2/c1-19(2,3)31-15-9-8-11(12-6-4-5-7-13(12)16-26-29-30-27-16)10-14(15)24-18-25-17(28-32-18)20(21,22)23/h4-10H,1-3H3,(H,24,25,28)(H,26,27,29,30). The molecule has 0 bridgehead atoms. The molecule has 0 aliphatic rings. The first-order valence-electron chi connectivity index (χ1n) is 9.44. The zero-order chi connectivity index (χ0) is 22.9. The summed E-state index contributed by atoms with van der Waals surface area (Å²) in [5, 5.41) is 17.3. The van der Waals surface area contributed by atoms with Crippen molar-refractivity contribution < 1.29 is 13.2 Å². The molecular weight excluding hydrogens is 459 g/mol. The Kier molecular flexibility index (Phi) is 5.91. The molecule has 166 valence electrons. The van der Waals surface area contributed by atoms with Crippen LogP contribution in [0.4, 0.5) is 24.0 Å². The molecule has 0 atom stereocenters. The second-order valence-corrected chi connectivity index (χ2v) is 10.4. The summed E-state index contributed by atoms with van der Waals surface area (Å²) in [6.07, 6.45) is -4.59. The van der Waals surface area contributed by atoms with Gasteiger partial charge in [-0.15, -0.1) is 22.0 Å². The molecule has 2 aromatic carbocycles. The van der Waals surface area contributed by atoms with Gasteiger partial charge in [-0.3, -0.25) is 0 Å². The Morgan fingerprint density at radius 1 is 1.03 bits per heavy atom. The minimum atomic E-state index is -4.59. The Morgan fingerprint density at radius 2 is 1.78 bits per heavy atom. The Hall–Kier alpha value is -2.99. The van der Waals surface area contributed by atoms with E-state index in [9.17, 15) is 13.2 Å². The van der Waals surface area contributed by atoms with E-state index in [4.69, 9.17) is 0 Å². The van der Waals surface area contributed by atoms with Crippen molar-refractivity contribution in [3.05, 3.63) is 48.3 Å². The van der Waals surface area contributed by atoms with Crippen molar-refractivity contribution in [1.29, 1.82) is 0 Å². The summed E-state index contributed by atoms with van der Waals surface area (Å²) >= 11 is 2.26. The lowest BCUT2D eigenvalue weighted by Crippen LogP contribution is -2.08. The number of H-pyrrole nitrogens is 1. The van der Waals surface area contributed by atoms with Gasteiger partial charge in [0.1, 0.15) is 0 Å². The fraction of sp³-hybridized carbons (Fsp3) is 0.250. The summed E-state index contributed by atoms with van der Waals surface area (Å²) in [5.74, 6) is -0.712. The minimum absolute atomic E-state index is 0.0664. The van der Waals surface area contributed by atoms with Gasteiger partial charge in [-0.25, -0.2) is 0 Å². The topological polar surface area (TPSA) is 92.3 Å². The second-order valence-electron chi connectivity index (χ2n) is 7.75. The number of aromatic amines is 1. The van der Waals surface area contributed by atoms with Crippen LogP contribution in [0.25, 0.3) is 22.5 Å². The first-order chi connectivity index (χ1) is 15.1. The highest BCUT2D eigenvalue weighted by Crippen LogP contribution is 2.41. The number of rotatable bonds is 5. The highest BCUT2D eigenvalue weighted by atomic mass is 32.2. The molecule has 0 amide bonds. The van der Waals surface area contributed by atoms with Gasteiger partial charge in [0.2, 0.25) is 16.8 Å². The molecule has 0 fully saturated rings. The number of thioether (sulfide) groups is 1. The number of nitrogens with zero attached hydrogens (tertiary/aromatic N) is 5. The fourth-order valence-corrected chi connectivity index (χ4v) is 4.54. The number of aromatic nitrogens is 6. The van der Waals surface area contributed by atoms with Gasteiger partial charge < -0.3 is 5.32 Å². The summed E-state index contributed by atoms with van der Waals surface area (Å²) < 4.78 is 42.1. The maximum absolute atomic E-state index is 12.9. The molecule has 2 aromatic heterocycles. The van der Waals surface area contributed by atoms with Crippen LogP contribution in [0.15, 0.2) is 47.4 Å². The van der Waals surface area contributed by atoms with Gasteiger partial charge in [0.05, 0.1) is 5.69 Å². The van der Waals surface area contributed by atoms with Crippen LogP contribution in [0.5, 0.6) is 0 Å². The second kappa shape index (κ2) is 8.51. The fourth-order valence-electron chi connectivity index (χ4n) is 2.92. The average Bonchev–Trinajstić information content (AvgIpc) is 3.40. The van der Waals surface area contributed by atoms with Crippen molar-refractivity contribution in [2.24, 2.45) is 0 Å². The molecule has 4 rings (SSSR count). The Bertz CT molecular complexity index is 1210. The molecule has 2 N–H and O–H groups in total. The Morgan fingerprint density at radius 3 is 2.41 bits per heavy atom. The van der Waals surface area contributed by atoms with Crippen LogP contribution in [-0.4, -0.2) is 34.7 Å². The van der Waals surface area contributed by atoms with E-state index in [1.54, 1.807) is 11.8 Å². The van der Waals surface area contributed by atoms with Gasteiger partial charge in [-0.1, -0.05) is 51.1 Å². The molecule has 0 unspecified atom stereocenters. The number of halogens is 3. The SMILES string of the molecule is CC(C)(C)Sc1ccc(-c2ccccc2-c2nn[nH]n2)cc1Nc1nc(C(F)(F)F)ns1. The van der Waals surface area contributed by atoms with Gasteiger partial charge in [-0.05, 0) is 28.5 Å². The van der Waals surface area contributed by atoms with E-state index in [0.29, 0.717) is 23.0 Å². The Balaban J connectivity index is 1.77. The number of tetrazole rings is 1. The van der Waals surface area contributed by atoms with Crippen LogP contribution in [-0.2, 0) is 6.18 Å². The molecule has 0 spiro atoms. The smallest absolute Gasteiger partial charge is 0.329 e. The first kappa shape index (κ1) is 22.2. The molecule has 0 saturated carbocycles. The van der Waals surface area contributed by atoms with Crippen LogP contribution in [0.1, 0.15) is 26.6 Å². The summed E-state index contributed by atoms with van der Waals surface area (Å²) in [4.78, 5) is 4.48. The lowest BCUT2D eigenvalue weighted by atomic mass is 9.99. The van der Waals surface area contributed by atoms with E-state index in [1.807, 2.05) is 42.5 Å². The van der Waals surface area contributed by atoms with E-state index < -0.39 is 12.0 Å². The molecule has 0 radical (unpaired) electrons. The number of anilines is 2. The highest BCUT2D eigenvalue weighted by Gasteiger charge is 2.36. The summed E-state index contributed by atoms with van der Waals surface area (Å²) in [7, 11) is 0. The number of alkyl halides is 3. The summed E-state index contributed by atoms with van der Waals surface area (Å²) in [6, 6.07) is 13.3. The monoisotopic (exact) mass is 477 g/mol. The third-order valence-corrected chi connectivity index (χ3v) is 5.96. The zero-order valence-corrected chi connectivity index (χ0v) is 18.9. The van der Waals surface area contributed by atoms with Gasteiger partial charge in [-0.2, -0.15) is 27.7 Å². The van der Waals surface area contributed by atoms with Crippen molar-refractivity contribution in [3.8, 4) is 22.5 Å². The van der Waals surface area contributed by atoms with Crippen molar-refractivity contribution >= 4 is 34.1 Å². The normalized spacial score (nSPS) is 12.2. The largest absolute Gasteiger partial charge is 0.452 e. The molecule has 7 nitrogen and oxygen atoms in total. The molecular formula is C20H18F3N7S2. The van der Waals surface area contributed by atoms with Crippen LogP contribution >= 0.6 is 23.3 Å². The maximum atomic E-state index is 12.9. The number of hydrogen-bond acceptors (Lipinski definition) is 8. The first-order valence-corrected chi connectivity index (χ1v) is 11.0. The van der Waals surface area contributed by atoms with E-state index in [1.165, 1.54) is 0 Å². The molecule has 0 aliphatic heterocycles. The van der Waals surface area contributed by atoms with Crippen molar-refractivity contribution in [3.63, 3.8) is 0 Å². The predicted octanol–water partition coefficient (Wildman–Crippen LogP) is 6.04. The third kappa shape index (κ3) is 5.07. The van der Waals surface area contributed by atoms with Crippen molar-refractivity contribution in [2.45, 2.75) is 36.6 Å². The van der Waals surface area contributed by atoms with Gasteiger partial charge in [0.25, 0.3) is 0 Å². The van der Waals surface area contributed by atoms with E-state index in [-0.39, 0.29) is 9.88 Å². The average molecular weight is 478 g/mol. The van der Waals surface area contributed by atoms with Crippen LogP contribution in [0, 0.1) is 0 Å². The number of benzene rings is 2. The number of hydrogen-bond donors (Lipinski definition) is 2. The summed E-state index contributed by atoms with van der Waals surface area (Å²) in [5.41, 5.74) is 3.11. The molecule has 12 heteroatoms. The molecule has 0 aliphatic carbocycles. The van der Waals surface area contributed by atoms with Crippen molar-refractivity contribution in [2.75, 3.05) is 5.32 Å².